The van der Waals surface area contributed by atoms with E-state index in [0.717, 1.165) is 0 Å². The molecule has 0 amide bonds. The number of hydrogen-bond acceptors (Lipinski definition) is 6. The molecule has 1 heterocycles. The van der Waals surface area contributed by atoms with Crippen LogP contribution in [0.15, 0.2) is 34.7 Å². The molecule has 23 heavy (non-hydrogen) atoms. The topological polar surface area (TPSA) is 81.8 Å². The van der Waals surface area contributed by atoms with Gasteiger partial charge in [0.25, 0.3) is 0 Å². The van der Waals surface area contributed by atoms with E-state index in [-0.39, 0.29) is 37.9 Å². The first-order valence-electron chi connectivity index (χ1n) is 7.69. The van der Waals surface area contributed by atoms with Crippen LogP contribution < -0.4 is 4.74 Å². The minimum atomic E-state index is -0.584. The fourth-order valence-corrected chi connectivity index (χ4v) is 1.76. The van der Waals surface area contributed by atoms with Gasteiger partial charge in [0.15, 0.2) is 6.61 Å². The molecule has 0 unspecified atom stereocenters. The van der Waals surface area contributed by atoms with E-state index in [4.69, 9.17) is 19.0 Å². The number of hydrogen-bond donors (Lipinski definition) is 1. The van der Waals surface area contributed by atoms with Gasteiger partial charge in [-0.2, -0.15) is 0 Å². The van der Waals surface area contributed by atoms with E-state index in [1.165, 1.54) is 0 Å². The maximum Gasteiger partial charge on any atom is 0.376 e. The SMILES string of the molecule is CC.CCOC(=O)c1oc(COc2ccccc2)nc1CCO. The molecule has 0 saturated heterocycles. The number of aromatic nitrogens is 1. The van der Waals surface area contributed by atoms with Crippen LogP contribution in [0.3, 0.4) is 0 Å². The molecule has 0 atom stereocenters. The molecule has 6 nitrogen and oxygen atoms in total. The third-order valence-electron chi connectivity index (χ3n) is 2.66. The van der Waals surface area contributed by atoms with Gasteiger partial charge < -0.3 is 19.0 Å². The van der Waals surface area contributed by atoms with Crippen molar-refractivity contribution >= 4 is 5.97 Å². The Bertz CT molecular complexity index is 580. The van der Waals surface area contributed by atoms with Gasteiger partial charge in [-0.05, 0) is 19.1 Å². The second-order valence-electron chi connectivity index (χ2n) is 4.18. The minimum Gasteiger partial charge on any atom is -0.484 e. The number of carbonyl (C=O) groups is 1. The maximum absolute atomic E-state index is 11.7. The second-order valence-corrected chi connectivity index (χ2v) is 4.18. The van der Waals surface area contributed by atoms with Crippen LogP contribution in [-0.2, 0) is 17.8 Å². The predicted molar refractivity (Wildman–Crippen MR) is 85.4 cm³/mol. The first kappa shape index (κ1) is 18.7. The van der Waals surface area contributed by atoms with Gasteiger partial charge in [0, 0.05) is 13.0 Å². The van der Waals surface area contributed by atoms with E-state index >= 15 is 0 Å². The monoisotopic (exact) mass is 321 g/mol. The second kappa shape index (κ2) is 10.4. The zero-order valence-corrected chi connectivity index (χ0v) is 13.7. The van der Waals surface area contributed by atoms with Crippen LogP contribution in [0.2, 0.25) is 0 Å². The summed E-state index contributed by atoms with van der Waals surface area (Å²) in [6.07, 6.45) is 0.225. The van der Waals surface area contributed by atoms with Gasteiger partial charge in [0.2, 0.25) is 11.7 Å². The number of nitrogens with zero attached hydrogens (tertiary/aromatic N) is 1. The molecule has 2 rings (SSSR count). The Hall–Kier alpha value is -2.34. The van der Waals surface area contributed by atoms with Crippen LogP contribution in [0.25, 0.3) is 0 Å². The lowest BCUT2D eigenvalue weighted by Gasteiger charge is -2.02. The molecule has 6 heteroatoms. The number of esters is 1. The first-order chi connectivity index (χ1) is 11.2. The summed E-state index contributed by atoms with van der Waals surface area (Å²) in [5.74, 6) is 0.388. The molecule has 0 fully saturated rings. The number of oxazole rings is 1. The molecule has 1 aromatic carbocycles. The van der Waals surface area contributed by atoms with Crippen LogP contribution in [0, 0.1) is 0 Å². The van der Waals surface area contributed by atoms with Crippen LogP contribution in [-0.4, -0.2) is 29.3 Å². The van der Waals surface area contributed by atoms with Crippen molar-refractivity contribution in [2.45, 2.75) is 33.8 Å². The third kappa shape index (κ3) is 5.75. The Balaban J connectivity index is 0.00000127. The molecule has 0 saturated carbocycles. The molecule has 2 aromatic rings. The highest BCUT2D eigenvalue weighted by Gasteiger charge is 2.21. The van der Waals surface area contributed by atoms with Crippen molar-refractivity contribution in [1.29, 1.82) is 0 Å². The van der Waals surface area contributed by atoms with E-state index in [0.29, 0.717) is 11.4 Å². The number of rotatable bonds is 7. The molecule has 126 valence electrons. The largest absolute Gasteiger partial charge is 0.484 e. The zero-order valence-electron chi connectivity index (χ0n) is 13.7. The van der Waals surface area contributed by atoms with Crippen molar-refractivity contribution in [1.82, 2.24) is 4.98 Å². The Kier molecular flexibility index (Phi) is 8.46. The molecule has 0 aliphatic carbocycles. The predicted octanol–water partition coefficient (Wildman–Crippen LogP) is 2.99. The highest BCUT2D eigenvalue weighted by molar-refractivity contribution is 5.87. The summed E-state index contributed by atoms with van der Waals surface area (Å²) in [5, 5.41) is 9.01. The summed E-state index contributed by atoms with van der Waals surface area (Å²) in [6, 6.07) is 9.21. The molecule has 1 aromatic heterocycles. The molecule has 1 N–H and O–H groups in total. The summed E-state index contributed by atoms with van der Waals surface area (Å²) in [5.41, 5.74) is 0.377. The van der Waals surface area contributed by atoms with Crippen molar-refractivity contribution in [3.05, 3.63) is 47.7 Å². The summed E-state index contributed by atoms with van der Waals surface area (Å²) in [6.45, 7) is 5.92. The standard InChI is InChI=1S/C15H17NO5.C2H6/c1-2-19-15(18)14-12(8-9-17)16-13(21-14)10-20-11-6-4-3-5-7-11;1-2/h3-7,17H,2,8-10H2,1H3;1-2H3. The maximum atomic E-state index is 11.7. The van der Waals surface area contributed by atoms with Crippen molar-refractivity contribution in [2.24, 2.45) is 0 Å². The third-order valence-corrected chi connectivity index (χ3v) is 2.66. The zero-order chi connectivity index (χ0) is 17.1. The molecule has 0 aliphatic rings. The van der Waals surface area contributed by atoms with Gasteiger partial charge in [-0.15, -0.1) is 0 Å². The molecule has 0 aliphatic heterocycles. The molecule has 0 bridgehead atoms. The number of para-hydroxylation sites is 1. The lowest BCUT2D eigenvalue weighted by molar-refractivity contribution is 0.0484. The summed E-state index contributed by atoms with van der Waals surface area (Å²) in [4.78, 5) is 15.9. The highest BCUT2D eigenvalue weighted by atomic mass is 16.5. The van der Waals surface area contributed by atoms with E-state index < -0.39 is 5.97 Å². The van der Waals surface area contributed by atoms with E-state index in [2.05, 4.69) is 4.98 Å². The van der Waals surface area contributed by atoms with Crippen molar-refractivity contribution < 1.29 is 23.8 Å². The summed E-state index contributed by atoms with van der Waals surface area (Å²) >= 11 is 0. The smallest absolute Gasteiger partial charge is 0.376 e. The van der Waals surface area contributed by atoms with Crippen LogP contribution in [0.5, 0.6) is 5.75 Å². The van der Waals surface area contributed by atoms with Crippen LogP contribution >= 0.6 is 0 Å². The fourth-order valence-electron chi connectivity index (χ4n) is 1.76. The lowest BCUT2D eigenvalue weighted by atomic mass is 10.3. The molecular formula is C17H23NO5. The normalized spacial score (nSPS) is 9.74. The van der Waals surface area contributed by atoms with Crippen LogP contribution in [0.4, 0.5) is 0 Å². The van der Waals surface area contributed by atoms with Gasteiger partial charge in [-0.3, -0.25) is 0 Å². The van der Waals surface area contributed by atoms with E-state index in [9.17, 15) is 4.79 Å². The van der Waals surface area contributed by atoms with Gasteiger partial charge >= 0.3 is 5.97 Å². The number of ether oxygens (including phenoxy) is 2. The Labute approximate surface area is 136 Å². The molecule has 0 radical (unpaired) electrons. The number of aliphatic hydroxyl groups is 1. The van der Waals surface area contributed by atoms with E-state index in [1.807, 2.05) is 44.2 Å². The fraction of sp³-hybridized carbons (Fsp3) is 0.412. The average Bonchev–Trinajstić information content (AvgIpc) is 2.99. The Morgan fingerprint density at radius 3 is 2.57 bits per heavy atom. The number of aliphatic hydroxyl groups excluding tert-OH is 1. The quantitative estimate of drug-likeness (QED) is 0.790. The first-order valence-corrected chi connectivity index (χ1v) is 7.69. The number of carbonyl (C=O) groups excluding carboxylic acids is 1. The van der Waals surface area contributed by atoms with Gasteiger partial charge in [-0.25, -0.2) is 9.78 Å². The highest BCUT2D eigenvalue weighted by Crippen LogP contribution is 2.16. The lowest BCUT2D eigenvalue weighted by Crippen LogP contribution is -2.07. The van der Waals surface area contributed by atoms with E-state index in [1.54, 1.807) is 6.92 Å². The minimum absolute atomic E-state index is 0.0255. The van der Waals surface area contributed by atoms with Crippen molar-refractivity contribution in [3.63, 3.8) is 0 Å². The Morgan fingerprint density at radius 1 is 1.26 bits per heavy atom. The molecule has 0 spiro atoms. The van der Waals surface area contributed by atoms with Crippen molar-refractivity contribution in [3.8, 4) is 5.75 Å². The van der Waals surface area contributed by atoms with Gasteiger partial charge in [0.1, 0.15) is 5.75 Å². The number of benzene rings is 1. The van der Waals surface area contributed by atoms with Crippen molar-refractivity contribution in [2.75, 3.05) is 13.2 Å². The van der Waals surface area contributed by atoms with Gasteiger partial charge in [-0.1, -0.05) is 32.0 Å². The summed E-state index contributed by atoms with van der Waals surface area (Å²) < 4.78 is 15.8. The average molecular weight is 321 g/mol. The van der Waals surface area contributed by atoms with Crippen LogP contribution in [0.1, 0.15) is 42.9 Å². The summed E-state index contributed by atoms with van der Waals surface area (Å²) in [7, 11) is 0. The van der Waals surface area contributed by atoms with Gasteiger partial charge in [0.05, 0.1) is 12.3 Å². The molecular weight excluding hydrogens is 298 g/mol. The Morgan fingerprint density at radius 2 is 1.96 bits per heavy atom.